The molecule has 0 aliphatic heterocycles. The zero-order valence-corrected chi connectivity index (χ0v) is 12.6. The summed E-state index contributed by atoms with van der Waals surface area (Å²) in [7, 11) is 1.23. The van der Waals surface area contributed by atoms with Crippen LogP contribution in [0, 0.1) is 0 Å². The van der Waals surface area contributed by atoms with Crippen molar-refractivity contribution >= 4 is 33.5 Å². The molecule has 0 amide bonds. The molecule has 0 unspecified atom stereocenters. The van der Waals surface area contributed by atoms with Crippen LogP contribution < -0.4 is 10.9 Å². The van der Waals surface area contributed by atoms with Crippen LogP contribution in [0.2, 0.25) is 0 Å². The highest BCUT2D eigenvalue weighted by molar-refractivity contribution is 9.10. The first kappa shape index (κ1) is 14.8. The van der Waals surface area contributed by atoms with Gasteiger partial charge in [0.05, 0.1) is 17.1 Å². The first-order valence-corrected chi connectivity index (χ1v) is 7.10. The third-order valence-electron chi connectivity index (χ3n) is 3.28. The van der Waals surface area contributed by atoms with Gasteiger partial charge in [0, 0.05) is 6.04 Å². The van der Waals surface area contributed by atoms with Crippen molar-refractivity contribution in [2.24, 2.45) is 0 Å². The Balaban J connectivity index is 2.28. The van der Waals surface area contributed by atoms with E-state index in [9.17, 15) is 14.4 Å². The molecular weight excluding hydrogens is 328 g/mol. The van der Waals surface area contributed by atoms with Gasteiger partial charge in [-0.1, -0.05) is 0 Å². The van der Waals surface area contributed by atoms with Crippen molar-refractivity contribution in [2.45, 2.75) is 31.7 Å². The number of carbonyl (C=O) groups excluding carboxylic acids is 2. The predicted octanol–water partition coefficient (Wildman–Crippen LogP) is 1.85. The average Bonchev–Trinajstić information content (AvgIpc) is 2.37. The van der Waals surface area contributed by atoms with Gasteiger partial charge < -0.3 is 15.0 Å². The van der Waals surface area contributed by atoms with Gasteiger partial charge in [0.25, 0.3) is 5.56 Å². The van der Waals surface area contributed by atoms with Gasteiger partial charge in [-0.25, -0.2) is 0 Å². The summed E-state index contributed by atoms with van der Waals surface area (Å²) in [6.07, 6.45) is 2.78. The molecule has 0 aromatic carbocycles. The minimum Gasteiger partial charge on any atom is -0.469 e. The van der Waals surface area contributed by atoms with Gasteiger partial charge in [0.15, 0.2) is 5.78 Å². The monoisotopic (exact) mass is 342 g/mol. The van der Waals surface area contributed by atoms with Gasteiger partial charge in [-0.3, -0.25) is 14.4 Å². The molecule has 1 saturated carbocycles. The summed E-state index contributed by atoms with van der Waals surface area (Å²) >= 11 is 3.09. The molecule has 0 atom stereocenters. The smallest absolute Gasteiger partial charge is 0.313 e. The number of hydrogen-bond acceptors (Lipinski definition) is 5. The number of aromatic amines is 1. The van der Waals surface area contributed by atoms with Crippen LogP contribution in [0.5, 0.6) is 0 Å². The number of H-pyrrole nitrogens is 1. The minimum absolute atomic E-state index is 0.255. The number of esters is 1. The van der Waals surface area contributed by atoms with Crippen LogP contribution in [0.25, 0.3) is 0 Å². The van der Waals surface area contributed by atoms with Crippen LogP contribution in [0.4, 0.5) is 5.82 Å². The molecule has 7 heteroatoms. The maximum absolute atomic E-state index is 12.1. The molecule has 108 valence electrons. The number of halogens is 1. The molecule has 1 fully saturated rings. The summed E-state index contributed by atoms with van der Waals surface area (Å²) in [4.78, 5) is 37.6. The zero-order valence-electron chi connectivity index (χ0n) is 11.0. The van der Waals surface area contributed by atoms with E-state index in [0.29, 0.717) is 5.82 Å². The number of carbonyl (C=O) groups is 2. The van der Waals surface area contributed by atoms with Crippen molar-refractivity contribution in [2.75, 3.05) is 12.4 Å². The highest BCUT2D eigenvalue weighted by Gasteiger charge is 2.22. The van der Waals surface area contributed by atoms with Gasteiger partial charge in [0.2, 0.25) is 0 Å². The van der Waals surface area contributed by atoms with E-state index >= 15 is 0 Å². The lowest BCUT2D eigenvalue weighted by Crippen LogP contribution is -2.30. The Morgan fingerprint density at radius 1 is 1.50 bits per heavy atom. The number of nitrogens with one attached hydrogen (secondary N) is 2. The van der Waals surface area contributed by atoms with Crippen molar-refractivity contribution in [3.63, 3.8) is 0 Å². The van der Waals surface area contributed by atoms with E-state index < -0.39 is 11.8 Å². The van der Waals surface area contributed by atoms with Gasteiger partial charge in [-0.05, 0) is 41.3 Å². The topological polar surface area (TPSA) is 88.3 Å². The number of rotatable bonds is 5. The lowest BCUT2D eigenvalue weighted by molar-refractivity contribution is -0.139. The van der Waals surface area contributed by atoms with Crippen molar-refractivity contribution in [1.82, 2.24) is 4.98 Å². The van der Waals surface area contributed by atoms with E-state index in [4.69, 9.17) is 0 Å². The van der Waals surface area contributed by atoms with Crippen molar-refractivity contribution in [1.29, 1.82) is 0 Å². The molecule has 20 heavy (non-hydrogen) atoms. The van der Waals surface area contributed by atoms with E-state index in [1.807, 2.05) is 0 Å². The number of anilines is 1. The summed E-state index contributed by atoms with van der Waals surface area (Å²) in [6.45, 7) is 0. The standard InChI is InChI=1S/C13H15BrN2O4/c1-20-11(18)6-10(17)8-5-9(14)13(19)16-12(8)15-7-3-2-4-7/h5,7H,2-4,6H2,1H3,(H2,15,16,19). The quantitative estimate of drug-likeness (QED) is 0.484. The summed E-state index contributed by atoms with van der Waals surface area (Å²) in [5, 5.41) is 3.14. The molecule has 1 aromatic heterocycles. The fraction of sp³-hybridized carbons (Fsp3) is 0.462. The van der Waals surface area contributed by atoms with Crippen LogP contribution in [0.3, 0.4) is 0 Å². The maximum Gasteiger partial charge on any atom is 0.313 e. The second-order valence-electron chi connectivity index (χ2n) is 4.68. The number of ketones is 1. The third-order valence-corrected chi connectivity index (χ3v) is 3.87. The number of Topliss-reactive ketones (excluding diaryl/α,β-unsaturated/α-hetero) is 1. The average molecular weight is 343 g/mol. The fourth-order valence-electron chi connectivity index (χ4n) is 1.89. The SMILES string of the molecule is COC(=O)CC(=O)c1cc(Br)c(=O)[nH]c1NC1CCC1. The Labute approximate surface area is 124 Å². The first-order valence-electron chi connectivity index (χ1n) is 6.30. The van der Waals surface area contributed by atoms with E-state index in [0.717, 1.165) is 19.3 Å². The number of ether oxygens (including phenoxy) is 1. The van der Waals surface area contributed by atoms with E-state index in [1.165, 1.54) is 13.2 Å². The Morgan fingerprint density at radius 3 is 2.75 bits per heavy atom. The van der Waals surface area contributed by atoms with E-state index in [-0.39, 0.29) is 28.1 Å². The minimum atomic E-state index is -0.605. The summed E-state index contributed by atoms with van der Waals surface area (Å²) in [5.74, 6) is -0.626. The Morgan fingerprint density at radius 2 is 2.20 bits per heavy atom. The number of hydrogen-bond donors (Lipinski definition) is 2. The molecule has 6 nitrogen and oxygen atoms in total. The van der Waals surface area contributed by atoms with Gasteiger partial charge in [-0.2, -0.15) is 0 Å². The normalized spacial score (nSPS) is 14.5. The Bertz CT molecular complexity index is 593. The second kappa shape index (κ2) is 6.21. The molecule has 1 aromatic rings. The highest BCUT2D eigenvalue weighted by Crippen LogP contribution is 2.25. The number of aromatic nitrogens is 1. The molecule has 0 saturated heterocycles. The van der Waals surface area contributed by atoms with E-state index in [1.54, 1.807) is 0 Å². The van der Waals surface area contributed by atoms with Crippen LogP contribution in [0.1, 0.15) is 36.0 Å². The molecule has 1 heterocycles. The lowest BCUT2D eigenvalue weighted by Gasteiger charge is -2.28. The number of pyridine rings is 1. The molecule has 0 radical (unpaired) electrons. The van der Waals surface area contributed by atoms with Crippen LogP contribution in [0.15, 0.2) is 15.3 Å². The summed E-state index contributed by atoms with van der Waals surface area (Å²) in [5.41, 5.74) is -0.0322. The Kier molecular flexibility index (Phi) is 4.59. The molecular formula is C13H15BrN2O4. The Hall–Kier alpha value is -1.63. The van der Waals surface area contributed by atoms with Gasteiger partial charge >= 0.3 is 5.97 Å². The highest BCUT2D eigenvalue weighted by atomic mass is 79.9. The third kappa shape index (κ3) is 3.27. The molecule has 2 N–H and O–H groups in total. The molecule has 2 rings (SSSR count). The zero-order chi connectivity index (χ0) is 14.7. The van der Waals surface area contributed by atoms with Crippen LogP contribution in [-0.2, 0) is 9.53 Å². The van der Waals surface area contributed by atoms with Gasteiger partial charge in [0.1, 0.15) is 12.2 Å². The van der Waals surface area contributed by atoms with E-state index in [2.05, 4.69) is 31.0 Å². The molecule has 0 bridgehead atoms. The second-order valence-corrected chi connectivity index (χ2v) is 5.54. The largest absolute Gasteiger partial charge is 0.469 e. The predicted molar refractivity (Wildman–Crippen MR) is 77.0 cm³/mol. The first-order chi connectivity index (χ1) is 9.51. The molecule has 1 aliphatic carbocycles. The van der Waals surface area contributed by atoms with Crippen molar-refractivity contribution in [3.8, 4) is 0 Å². The van der Waals surface area contributed by atoms with Crippen molar-refractivity contribution in [3.05, 3.63) is 26.5 Å². The van der Waals surface area contributed by atoms with Gasteiger partial charge in [-0.15, -0.1) is 0 Å². The summed E-state index contributed by atoms with van der Waals surface area (Å²) < 4.78 is 4.74. The molecule has 1 aliphatic rings. The summed E-state index contributed by atoms with van der Waals surface area (Å²) in [6, 6.07) is 1.70. The lowest BCUT2D eigenvalue weighted by atomic mass is 9.93. The maximum atomic E-state index is 12.1. The fourth-order valence-corrected chi connectivity index (χ4v) is 2.22. The van der Waals surface area contributed by atoms with Crippen LogP contribution in [-0.4, -0.2) is 29.9 Å². The van der Waals surface area contributed by atoms with Crippen LogP contribution >= 0.6 is 15.9 Å². The molecule has 0 spiro atoms. The van der Waals surface area contributed by atoms with Crippen molar-refractivity contribution < 1.29 is 14.3 Å². The number of methoxy groups -OCH3 is 1.